The second kappa shape index (κ2) is 9.74. The van der Waals surface area contributed by atoms with Crippen molar-refractivity contribution in [1.29, 1.82) is 0 Å². The third-order valence-electron chi connectivity index (χ3n) is 4.41. The van der Waals surface area contributed by atoms with Crippen molar-refractivity contribution in [1.82, 2.24) is 4.31 Å². The van der Waals surface area contributed by atoms with Crippen molar-refractivity contribution in [2.75, 3.05) is 18.4 Å². The van der Waals surface area contributed by atoms with Crippen LogP contribution in [0.15, 0.2) is 47.4 Å². The summed E-state index contributed by atoms with van der Waals surface area (Å²) in [5.74, 6) is 0.115. The van der Waals surface area contributed by atoms with Crippen LogP contribution in [-0.4, -0.2) is 31.7 Å². The maximum atomic E-state index is 13.1. The highest BCUT2D eigenvalue weighted by molar-refractivity contribution is 7.89. The summed E-state index contributed by atoms with van der Waals surface area (Å²) in [5, 5.41) is 3.39. The van der Waals surface area contributed by atoms with Crippen molar-refractivity contribution in [3.8, 4) is 0 Å². The summed E-state index contributed by atoms with van der Waals surface area (Å²) < 4.78 is 27.7. The lowest BCUT2D eigenvalue weighted by Crippen LogP contribution is -2.37. The Morgan fingerprint density at radius 2 is 1.55 bits per heavy atom. The predicted molar refractivity (Wildman–Crippen MR) is 119 cm³/mol. The van der Waals surface area contributed by atoms with Crippen LogP contribution in [0.5, 0.6) is 0 Å². The van der Waals surface area contributed by atoms with Crippen LogP contribution in [0.3, 0.4) is 0 Å². The highest BCUT2D eigenvalue weighted by Crippen LogP contribution is 2.24. The first kappa shape index (κ1) is 23.4. The molecule has 0 saturated carbocycles. The summed E-state index contributed by atoms with van der Waals surface area (Å²) >= 11 is 6.09. The number of hydrogen-bond donors (Lipinski definition) is 1. The molecule has 0 fully saturated rings. The highest BCUT2D eigenvalue weighted by Gasteiger charge is 2.26. The van der Waals surface area contributed by atoms with E-state index in [0.717, 1.165) is 5.56 Å². The number of hydrogen-bond acceptors (Lipinski definition) is 3. The van der Waals surface area contributed by atoms with E-state index < -0.39 is 10.0 Å². The van der Waals surface area contributed by atoms with Crippen LogP contribution in [0, 0.1) is 18.8 Å². The van der Waals surface area contributed by atoms with Gasteiger partial charge in [0.05, 0.1) is 4.90 Å². The Balaban J connectivity index is 2.23. The predicted octanol–water partition coefficient (Wildman–Crippen LogP) is 5.20. The molecule has 0 radical (unpaired) electrons. The molecular formula is C22H29ClN2O3S. The van der Waals surface area contributed by atoms with Crippen LogP contribution in [0.1, 0.15) is 43.6 Å². The summed E-state index contributed by atoms with van der Waals surface area (Å²) in [6.07, 6.45) is 0. The fraction of sp³-hybridized carbons (Fsp3) is 0.409. The zero-order valence-corrected chi connectivity index (χ0v) is 19.1. The van der Waals surface area contributed by atoms with Gasteiger partial charge < -0.3 is 5.32 Å². The molecule has 0 aromatic heterocycles. The van der Waals surface area contributed by atoms with E-state index in [1.165, 1.54) is 28.6 Å². The smallest absolute Gasteiger partial charge is 0.255 e. The van der Waals surface area contributed by atoms with Gasteiger partial charge in [-0.1, -0.05) is 45.4 Å². The molecule has 2 rings (SSSR count). The van der Waals surface area contributed by atoms with Crippen LogP contribution in [-0.2, 0) is 10.0 Å². The van der Waals surface area contributed by atoms with E-state index in [1.807, 2.05) is 34.6 Å². The molecule has 29 heavy (non-hydrogen) atoms. The van der Waals surface area contributed by atoms with E-state index in [0.29, 0.717) is 29.4 Å². The molecule has 0 aliphatic heterocycles. The molecule has 0 saturated heterocycles. The summed E-state index contributed by atoms with van der Waals surface area (Å²) in [6, 6.07) is 11.3. The number of sulfonamides is 1. The van der Waals surface area contributed by atoms with Gasteiger partial charge in [-0.25, -0.2) is 8.42 Å². The van der Waals surface area contributed by atoms with Crippen molar-refractivity contribution >= 4 is 33.2 Å². The lowest BCUT2D eigenvalue weighted by Gasteiger charge is -2.25. The average Bonchev–Trinajstić information content (AvgIpc) is 2.64. The fourth-order valence-corrected chi connectivity index (χ4v) is 4.89. The van der Waals surface area contributed by atoms with E-state index in [9.17, 15) is 13.2 Å². The number of benzene rings is 2. The van der Waals surface area contributed by atoms with Crippen LogP contribution in [0.2, 0.25) is 5.02 Å². The number of nitrogens with zero attached hydrogens (tertiary/aromatic N) is 1. The van der Waals surface area contributed by atoms with Crippen molar-refractivity contribution in [3.63, 3.8) is 0 Å². The lowest BCUT2D eigenvalue weighted by molar-refractivity contribution is 0.102. The highest BCUT2D eigenvalue weighted by atomic mass is 35.5. The van der Waals surface area contributed by atoms with Crippen molar-refractivity contribution in [3.05, 3.63) is 58.6 Å². The van der Waals surface area contributed by atoms with Crippen LogP contribution in [0.25, 0.3) is 0 Å². The maximum absolute atomic E-state index is 13.1. The number of carbonyl (C=O) groups excluding carboxylic acids is 1. The van der Waals surface area contributed by atoms with Crippen molar-refractivity contribution in [2.24, 2.45) is 11.8 Å². The lowest BCUT2D eigenvalue weighted by atomic mass is 10.1. The minimum absolute atomic E-state index is 0.189. The summed E-state index contributed by atoms with van der Waals surface area (Å²) in [7, 11) is -3.62. The molecule has 5 nitrogen and oxygen atoms in total. The quantitative estimate of drug-likeness (QED) is 0.618. The van der Waals surface area contributed by atoms with Crippen molar-refractivity contribution in [2.45, 2.75) is 39.5 Å². The summed E-state index contributed by atoms with van der Waals surface area (Å²) in [6.45, 7) is 10.7. The third-order valence-corrected chi connectivity index (χ3v) is 6.66. The standard InChI is InChI=1S/C22H29ClN2O3S/c1-15(2)13-25(14-16(3)4)29(27,28)19-11-9-18(10-12-19)22(26)24-21-8-6-7-20(23)17(21)5/h6-12,15-16H,13-14H2,1-5H3,(H,24,26). The van der Waals surface area contributed by atoms with Gasteiger partial charge in [0, 0.05) is 29.4 Å². The van der Waals surface area contributed by atoms with Gasteiger partial charge >= 0.3 is 0 Å². The van der Waals surface area contributed by atoms with E-state index in [-0.39, 0.29) is 22.6 Å². The van der Waals surface area contributed by atoms with Crippen LogP contribution >= 0.6 is 11.6 Å². The number of rotatable bonds is 8. The van der Waals surface area contributed by atoms with Gasteiger partial charge in [0.25, 0.3) is 5.91 Å². The Morgan fingerprint density at radius 3 is 2.07 bits per heavy atom. The molecule has 0 heterocycles. The van der Waals surface area contributed by atoms with Crippen LogP contribution in [0.4, 0.5) is 5.69 Å². The van der Waals surface area contributed by atoms with Gasteiger partial charge in [-0.3, -0.25) is 4.79 Å². The maximum Gasteiger partial charge on any atom is 0.255 e. The van der Waals surface area contributed by atoms with Crippen LogP contribution < -0.4 is 5.32 Å². The van der Waals surface area contributed by atoms with E-state index in [1.54, 1.807) is 18.2 Å². The summed E-state index contributed by atoms with van der Waals surface area (Å²) in [4.78, 5) is 12.7. The van der Waals surface area contributed by atoms with Gasteiger partial charge in [-0.15, -0.1) is 0 Å². The minimum Gasteiger partial charge on any atom is -0.322 e. The molecule has 0 spiro atoms. The number of amides is 1. The van der Waals surface area contributed by atoms with E-state index in [2.05, 4.69) is 5.32 Å². The Hall–Kier alpha value is -1.89. The van der Waals surface area contributed by atoms with E-state index >= 15 is 0 Å². The first-order valence-electron chi connectivity index (χ1n) is 9.69. The molecule has 2 aromatic rings. The number of halogens is 1. The fourth-order valence-electron chi connectivity index (χ4n) is 2.95. The van der Waals surface area contributed by atoms with Gasteiger partial charge in [-0.05, 0) is 60.7 Å². The topological polar surface area (TPSA) is 66.5 Å². The molecule has 2 aromatic carbocycles. The zero-order chi connectivity index (χ0) is 21.8. The zero-order valence-electron chi connectivity index (χ0n) is 17.6. The number of anilines is 1. The molecular weight excluding hydrogens is 408 g/mol. The van der Waals surface area contributed by atoms with Gasteiger partial charge in [0.2, 0.25) is 10.0 Å². The Bertz CT molecular complexity index is 945. The second-order valence-electron chi connectivity index (χ2n) is 8.00. The number of carbonyl (C=O) groups is 1. The largest absolute Gasteiger partial charge is 0.322 e. The normalized spacial score (nSPS) is 12.0. The summed E-state index contributed by atoms with van der Waals surface area (Å²) in [5.41, 5.74) is 1.78. The Labute approximate surface area is 179 Å². The average molecular weight is 437 g/mol. The number of nitrogens with one attached hydrogen (secondary N) is 1. The monoisotopic (exact) mass is 436 g/mol. The molecule has 0 aliphatic carbocycles. The van der Waals surface area contributed by atoms with Gasteiger partial charge in [-0.2, -0.15) is 4.31 Å². The molecule has 0 unspecified atom stereocenters. The van der Waals surface area contributed by atoms with Crippen molar-refractivity contribution < 1.29 is 13.2 Å². The molecule has 0 atom stereocenters. The molecule has 158 valence electrons. The van der Waals surface area contributed by atoms with E-state index in [4.69, 9.17) is 11.6 Å². The first-order chi connectivity index (χ1) is 13.5. The molecule has 1 amide bonds. The van der Waals surface area contributed by atoms with Gasteiger partial charge in [0.15, 0.2) is 0 Å². The Morgan fingerprint density at radius 1 is 1.00 bits per heavy atom. The molecule has 0 bridgehead atoms. The van der Waals surface area contributed by atoms with Gasteiger partial charge in [0.1, 0.15) is 0 Å². The first-order valence-corrected chi connectivity index (χ1v) is 11.5. The SMILES string of the molecule is Cc1c(Cl)cccc1NC(=O)c1ccc(S(=O)(=O)N(CC(C)C)CC(C)C)cc1. The second-order valence-corrected chi connectivity index (χ2v) is 10.3. The third kappa shape index (κ3) is 6.04. The molecule has 0 aliphatic rings. The Kier molecular flexibility index (Phi) is 7.86. The minimum atomic E-state index is -3.62. The molecule has 7 heteroatoms. The molecule has 1 N–H and O–H groups in total.